The van der Waals surface area contributed by atoms with Crippen molar-refractivity contribution in [1.82, 2.24) is 0 Å². The summed E-state index contributed by atoms with van der Waals surface area (Å²) in [7, 11) is 0. The van der Waals surface area contributed by atoms with E-state index in [1.54, 1.807) is 24.3 Å². The second-order valence-corrected chi connectivity index (χ2v) is 4.42. The van der Waals surface area contributed by atoms with Crippen molar-refractivity contribution in [2.75, 3.05) is 6.61 Å². The number of aliphatic hydroxyl groups excluding tert-OH is 3. The van der Waals surface area contributed by atoms with Crippen LogP contribution in [0.4, 0.5) is 0 Å². The molecular weight excluding hydrogens is 232 g/mol. The van der Waals surface area contributed by atoms with Crippen LogP contribution in [0.2, 0.25) is 0 Å². The molecule has 4 nitrogen and oxygen atoms in total. The SMILES string of the molecule is C#Cc1cccc([C@H]2OC(CO)CC(O)C2O)c1. The third kappa shape index (κ3) is 2.55. The first kappa shape index (κ1) is 13.1. The van der Waals surface area contributed by atoms with E-state index in [1.807, 2.05) is 0 Å². The topological polar surface area (TPSA) is 69.9 Å². The Morgan fingerprint density at radius 1 is 1.39 bits per heavy atom. The van der Waals surface area contributed by atoms with Crippen molar-refractivity contribution in [3.63, 3.8) is 0 Å². The smallest absolute Gasteiger partial charge is 0.111 e. The molecule has 1 fully saturated rings. The average Bonchev–Trinajstić information content (AvgIpc) is 2.41. The van der Waals surface area contributed by atoms with Crippen LogP contribution in [0.5, 0.6) is 0 Å². The van der Waals surface area contributed by atoms with Gasteiger partial charge in [-0.25, -0.2) is 0 Å². The van der Waals surface area contributed by atoms with Gasteiger partial charge in [0.05, 0.1) is 18.8 Å². The van der Waals surface area contributed by atoms with Gasteiger partial charge in [0.15, 0.2) is 0 Å². The lowest BCUT2D eigenvalue weighted by atomic mass is 9.92. The zero-order valence-corrected chi connectivity index (χ0v) is 9.86. The maximum atomic E-state index is 9.96. The maximum absolute atomic E-state index is 9.96. The van der Waals surface area contributed by atoms with E-state index < -0.39 is 24.4 Å². The van der Waals surface area contributed by atoms with Crippen molar-refractivity contribution < 1.29 is 20.1 Å². The van der Waals surface area contributed by atoms with E-state index in [9.17, 15) is 10.2 Å². The summed E-state index contributed by atoms with van der Waals surface area (Å²) in [6, 6.07) is 7.07. The number of aliphatic hydroxyl groups is 3. The number of rotatable bonds is 2. The first-order valence-corrected chi connectivity index (χ1v) is 5.84. The Morgan fingerprint density at radius 2 is 2.17 bits per heavy atom. The fourth-order valence-corrected chi connectivity index (χ4v) is 2.15. The maximum Gasteiger partial charge on any atom is 0.111 e. The number of hydrogen-bond acceptors (Lipinski definition) is 4. The Labute approximate surface area is 106 Å². The third-order valence-electron chi connectivity index (χ3n) is 3.13. The van der Waals surface area contributed by atoms with Gasteiger partial charge in [0, 0.05) is 12.0 Å². The summed E-state index contributed by atoms with van der Waals surface area (Å²) in [5, 5.41) is 28.8. The summed E-state index contributed by atoms with van der Waals surface area (Å²) in [5.74, 6) is 2.51. The van der Waals surface area contributed by atoms with Crippen LogP contribution in [0.1, 0.15) is 23.7 Å². The molecule has 0 amide bonds. The zero-order chi connectivity index (χ0) is 13.1. The molecule has 1 saturated heterocycles. The molecule has 2 rings (SSSR count). The zero-order valence-electron chi connectivity index (χ0n) is 9.86. The van der Waals surface area contributed by atoms with Crippen LogP contribution in [0.25, 0.3) is 0 Å². The molecule has 3 unspecified atom stereocenters. The van der Waals surface area contributed by atoms with Gasteiger partial charge < -0.3 is 20.1 Å². The second-order valence-electron chi connectivity index (χ2n) is 4.42. The Morgan fingerprint density at radius 3 is 2.83 bits per heavy atom. The summed E-state index contributed by atoms with van der Waals surface area (Å²) in [6.45, 7) is -0.185. The molecule has 3 N–H and O–H groups in total. The molecule has 18 heavy (non-hydrogen) atoms. The van der Waals surface area contributed by atoms with Gasteiger partial charge >= 0.3 is 0 Å². The van der Waals surface area contributed by atoms with Crippen LogP contribution >= 0.6 is 0 Å². The highest BCUT2D eigenvalue weighted by atomic mass is 16.5. The molecule has 0 bridgehead atoms. The minimum Gasteiger partial charge on any atom is -0.394 e. The highest BCUT2D eigenvalue weighted by molar-refractivity contribution is 5.36. The molecule has 1 aromatic carbocycles. The lowest BCUT2D eigenvalue weighted by Crippen LogP contribution is -2.44. The molecule has 1 aromatic rings. The number of hydrogen-bond donors (Lipinski definition) is 3. The molecular formula is C14H16O4. The summed E-state index contributed by atoms with van der Waals surface area (Å²) in [5.41, 5.74) is 1.39. The first-order valence-electron chi connectivity index (χ1n) is 5.84. The van der Waals surface area contributed by atoms with Crippen LogP contribution in [0.3, 0.4) is 0 Å². The largest absolute Gasteiger partial charge is 0.394 e. The average molecular weight is 248 g/mol. The fraction of sp³-hybridized carbons (Fsp3) is 0.429. The molecule has 0 radical (unpaired) electrons. The van der Waals surface area contributed by atoms with Gasteiger partial charge in [-0.15, -0.1) is 6.42 Å². The number of benzene rings is 1. The van der Waals surface area contributed by atoms with Gasteiger partial charge in [0.2, 0.25) is 0 Å². The fourth-order valence-electron chi connectivity index (χ4n) is 2.15. The van der Waals surface area contributed by atoms with Crippen molar-refractivity contribution in [3.05, 3.63) is 35.4 Å². The van der Waals surface area contributed by atoms with Gasteiger partial charge in [-0.05, 0) is 17.7 Å². The van der Waals surface area contributed by atoms with Gasteiger partial charge in [0.1, 0.15) is 12.2 Å². The lowest BCUT2D eigenvalue weighted by molar-refractivity contribution is -0.179. The summed E-state index contributed by atoms with van der Waals surface area (Å²) in [6.07, 6.45) is 2.49. The van der Waals surface area contributed by atoms with E-state index in [-0.39, 0.29) is 13.0 Å². The van der Waals surface area contributed by atoms with E-state index in [0.717, 1.165) is 0 Å². The predicted octanol–water partition coefficient (Wildman–Crippen LogP) is 0.212. The molecule has 0 aliphatic carbocycles. The van der Waals surface area contributed by atoms with E-state index in [2.05, 4.69) is 5.92 Å². The van der Waals surface area contributed by atoms with E-state index >= 15 is 0 Å². The lowest BCUT2D eigenvalue weighted by Gasteiger charge is -2.36. The normalized spacial score (nSPS) is 31.9. The van der Waals surface area contributed by atoms with Crippen molar-refractivity contribution in [3.8, 4) is 12.3 Å². The summed E-state index contributed by atoms with van der Waals surface area (Å²) in [4.78, 5) is 0. The number of terminal acetylenes is 1. The van der Waals surface area contributed by atoms with E-state index in [1.165, 1.54) is 0 Å². The molecule has 96 valence electrons. The Bertz CT molecular complexity index is 451. The summed E-state index contributed by atoms with van der Waals surface area (Å²) < 4.78 is 5.58. The van der Waals surface area contributed by atoms with Crippen molar-refractivity contribution in [2.24, 2.45) is 0 Å². The number of ether oxygens (including phenoxy) is 1. The Hall–Kier alpha value is -1.38. The molecule has 1 aliphatic rings. The molecule has 0 saturated carbocycles. The van der Waals surface area contributed by atoms with Crippen LogP contribution in [0.15, 0.2) is 24.3 Å². The molecule has 0 aromatic heterocycles. The Kier molecular flexibility index (Phi) is 4.00. The van der Waals surface area contributed by atoms with Gasteiger partial charge in [-0.3, -0.25) is 0 Å². The van der Waals surface area contributed by atoms with Crippen molar-refractivity contribution in [2.45, 2.75) is 30.8 Å². The standard InChI is InChI=1S/C14H16O4/c1-2-9-4-3-5-10(6-9)14-13(17)12(16)7-11(8-15)18-14/h1,3-6,11-17H,7-8H2/t11?,12?,13?,14-/m1/s1. The van der Waals surface area contributed by atoms with Crippen molar-refractivity contribution in [1.29, 1.82) is 0 Å². The Balaban J connectivity index is 2.26. The summed E-state index contributed by atoms with van der Waals surface area (Å²) >= 11 is 0. The molecule has 0 spiro atoms. The van der Waals surface area contributed by atoms with Crippen molar-refractivity contribution >= 4 is 0 Å². The first-order chi connectivity index (χ1) is 8.65. The molecule has 1 heterocycles. The van der Waals surface area contributed by atoms with Crippen LogP contribution < -0.4 is 0 Å². The quantitative estimate of drug-likeness (QED) is 0.654. The highest BCUT2D eigenvalue weighted by Gasteiger charge is 2.37. The van der Waals surface area contributed by atoms with Gasteiger partial charge in [-0.2, -0.15) is 0 Å². The van der Waals surface area contributed by atoms with E-state index in [4.69, 9.17) is 16.3 Å². The molecule has 4 heteroatoms. The minimum absolute atomic E-state index is 0.185. The predicted molar refractivity (Wildman–Crippen MR) is 65.7 cm³/mol. The highest BCUT2D eigenvalue weighted by Crippen LogP contribution is 2.32. The minimum atomic E-state index is -1.01. The molecule has 4 atom stereocenters. The van der Waals surface area contributed by atoms with Gasteiger partial charge in [-0.1, -0.05) is 18.1 Å². The van der Waals surface area contributed by atoms with Crippen LogP contribution in [-0.2, 0) is 4.74 Å². The van der Waals surface area contributed by atoms with Crippen LogP contribution in [0, 0.1) is 12.3 Å². The van der Waals surface area contributed by atoms with E-state index in [0.29, 0.717) is 11.1 Å². The van der Waals surface area contributed by atoms with Gasteiger partial charge in [0.25, 0.3) is 0 Å². The van der Waals surface area contributed by atoms with Crippen LogP contribution in [-0.4, -0.2) is 40.2 Å². The monoisotopic (exact) mass is 248 g/mol. The second kappa shape index (κ2) is 5.51. The third-order valence-corrected chi connectivity index (χ3v) is 3.13. The molecule has 1 aliphatic heterocycles.